The highest BCUT2D eigenvalue weighted by Crippen LogP contribution is 2.38. The molecule has 0 aromatic heterocycles. The molecule has 1 N–H and O–H groups in total. The number of benzene rings is 1. The van der Waals surface area contributed by atoms with Crippen LogP contribution >= 0.6 is 0 Å². The maximum Gasteiger partial charge on any atom is 0.341 e. The number of carbonyl (C=O) groups is 3. The summed E-state index contributed by atoms with van der Waals surface area (Å²) in [5.74, 6) is -2.92. The van der Waals surface area contributed by atoms with Crippen LogP contribution in [0.1, 0.15) is 31.1 Å². The van der Waals surface area contributed by atoms with Crippen LogP contribution in [0, 0.1) is 0 Å². The van der Waals surface area contributed by atoms with Gasteiger partial charge in [-0.1, -0.05) is 0 Å². The number of hydrogen-bond donors (Lipinski definition) is 1. The van der Waals surface area contributed by atoms with Crippen molar-refractivity contribution in [1.29, 1.82) is 0 Å². The second kappa shape index (κ2) is 5.28. The molecule has 0 radical (unpaired) electrons. The van der Waals surface area contributed by atoms with Crippen LogP contribution in [0.25, 0.3) is 0 Å². The SMILES string of the molecule is COC(=O)c1cc(O)c2c(c1OC)C(=O)C=C(OC)C2=O. The molecule has 1 aliphatic rings. The summed E-state index contributed by atoms with van der Waals surface area (Å²) in [4.78, 5) is 36.0. The third-order valence-corrected chi connectivity index (χ3v) is 3.05. The molecule has 0 unspecified atom stereocenters. The Hall–Kier alpha value is -2.83. The van der Waals surface area contributed by atoms with Crippen LogP contribution in [0.4, 0.5) is 0 Å². The van der Waals surface area contributed by atoms with Gasteiger partial charge in [0.1, 0.15) is 17.1 Å². The highest BCUT2D eigenvalue weighted by atomic mass is 16.5. The quantitative estimate of drug-likeness (QED) is 0.832. The average Bonchev–Trinajstić information content (AvgIpc) is 2.48. The van der Waals surface area contributed by atoms with Crippen LogP contribution in [0.3, 0.4) is 0 Å². The Bertz CT molecular complexity index is 685. The van der Waals surface area contributed by atoms with Crippen molar-refractivity contribution in [3.05, 3.63) is 34.6 Å². The van der Waals surface area contributed by atoms with Crippen LogP contribution in [-0.4, -0.2) is 44.0 Å². The molecule has 7 nitrogen and oxygen atoms in total. The fourth-order valence-electron chi connectivity index (χ4n) is 2.12. The number of phenolic OH excluding ortho intramolecular Hbond substituents is 1. The lowest BCUT2D eigenvalue weighted by Gasteiger charge is -2.19. The molecule has 0 bridgehead atoms. The molecule has 1 aromatic carbocycles. The zero-order chi connectivity index (χ0) is 15.7. The Morgan fingerprint density at radius 3 is 2.29 bits per heavy atom. The van der Waals surface area contributed by atoms with Crippen LogP contribution < -0.4 is 4.74 Å². The summed E-state index contributed by atoms with van der Waals surface area (Å²) < 4.78 is 14.4. The number of ether oxygens (including phenoxy) is 3. The number of hydrogen-bond acceptors (Lipinski definition) is 7. The number of methoxy groups -OCH3 is 3. The summed E-state index contributed by atoms with van der Waals surface area (Å²) in [6.07, 6.45) is 0.980. The Morgan fingerprint density at radius 1 is 1.10 bits per heavy atom. The summed E-state index contributed by atoms with van der Waals surface area (Å²) in [6, 6.07) is 1.02. The topological polar surface area (TPSA) is 99.1 Å². The van der Waals surface area contributed by atoms with Crippen molar-refractivity contribution in [3.63, 3.8) is 0 Å². The molecule has 0 spiro atoms. The standard InChI is InChI=1S/C14H12O7/c1-19-9-5-8(16)11-10(12(9)17)7(15)4-6(13(11)20-2)14(18)21-3/h4-5,15H,1-3H3. The van der Waals surface area contributed by atoms with Crippen molar-refractivity contribution >= 4 is 17.5 Å². The molecule has 7 heteroatoms. The van der Waals surface area contributed by atoms with Gasteiger partial charge in [-0.3, -0.25) is 9.59 Å². The first-order chi connectivity index (χ1) is 9.96. The molecule has 0 amide bonds. The summed E-state index contributed by atoms with van der Waals surface area (Å²) in [5, 5.41) is 9.98. The molecule has 1 aliphatic carbocycles. The van der Waals surface area contributed by atoms with Gasteiger partial charge in [-0.25, -0.2) is 4.79 Å². The first-order valence-electron chi connectivity index (χ1n) is 5.83. The van der Waals surface area contributed by atoms with Gasteiger partial charge < -0.3 is 19.3 Å². The largest absolute Gasteiger partial charge is 0.507 e. The monoisotopic (exact) mass is 292 g/mol. The molecule has 0 saturated heterocycles. The minimum atomic E-state index is -0.799. The second-order valence-corrected chi connectivity index (χ2v) is 4.12. The van der Waals surface area contributed by atoms with E-state index in [0.29, 0.717) is 0 Å². The Kier molecular flexibility index (Phi) is 3.66. The third kappa shape index (κ3) is 2.12. The maximum atomic E-state index is 12.2. The van der Waals surface area contributed by atoms with E-state index in [-0.39, 0.29) is 28.2 Å². The van der Waals surface area contributed by atoms with Crippen molar-refractivity contribution in [2.45, 2.75) is 0 Å². The van der Waals surface area contributed by atoms with Gasteiger partial charge in [0, 0.05) is 6.08 Å². The predicted molar refractivity (Wildman–Crippen MR) is 69.8 cm³/mol. The molecule has 0 saturated carbocycles. The number of Topliss-reactive ketones (excluding diaryl/α,β-unsaturated/α-hetero) is 1. The van der Waals surface area contributed by atoms with Gasteiger partial charge in [-0.05, 0) is 6.07 Å². The lowest BCUT2D eigenvalue weighted by molar-refractivity contribution is 0.0596. The summed E-state index contributed by atoms with van der Waals surface area (Å²) in [5.41, 5.74) is -0.598. The van der Waals surface area contributed by atoms with Crippen LogP contribution in [0.15, 0.2) is 17.9 Å². The van der Waals surface area contributed by atoms with E-state index in [9.17, 15) is 19.5 Å². The molecule has 1 aromatic rings. The predicted octanol–water partition coefficient (Wildman–Crippen LogP) is 1.10. The first-order valence-corrected chi connectivity index (χ1v) is 5.83. The number of carbonyl (C=O) groups excluding carboxylic acids is 3. The summed E-state index contributed by atoms with van der Waals surface area (Å²) in [6.45, 7) is 0. The number of phenols is 1. The molecular weight excluding hydrogens is 280 g/mol. The van der Waals surface area contributed by atoms with E-state index in [1.807, 2.05) is 0 Å². The summed E-state index contributed by atoms with van der Waals surface area (Å²) >= 11 is 0. The van der Waals surface area contributed by atoms with Crippen molar-refractivity contribution in [2.75, 3.05) is 21.3 Å². The van der Waals surface area contributed by atoms with E-state index in [2.05, 4.69) is 4.74 Å². The zero-order valence-corrected chi connectivity index (χ0v) is 11.6. The van der Waals surface area contributed by atoms with E-state index in [4.69, 9.17) is 9.47 Å². The first kappa shape index (κ1) is 14.6. The smallest absolute Gasteiger partial charge is 0.341 e. The zero-order valence-electron chi connectivity index (χ0n) is 11.6. The van der Waals surface area contributed by atoms with E-state index >= 15 is 0 Å². The number of rotatable bonds is 3. The van der Waals surface area contributed by atoms with Crippen molar-refractivity contribution in [2.24, 2.45) is 0 Å². The Balaban J connectivity index is 2.81. The summed E-state index contributed by atoms with van der Waals surface area (Å²) in [7, 11) is 3.62. The van der Waals surface area contributed by atoms with Gasteiger partial charge in [0.05, 0.1) is 32.5 Å². The molecule has 2 rings (SSSR count). The Labute approximate surface area is 119 Å². The number of allylic oxidation sites excluding steroid dienone is 2. The highest BCUT2D eigenvalue weighted by Gasteiger charge is 2.35. The van der Waals surface area contributed by atoms with Gasteiger partial charge in [-0.2, -0.15) is 0 Å². The molecule has 0 fully saturated rings. The minimum absolute atomic E-state index is 0.126. The molecular formula is C14H12O7. The van der Waals surface area contributed by atoms with Crippen LogP contribution in [0.5, 0.6) is 11.5 Å². The van der Waals surface area contributed by atoms with E-state index < -0.39 is 23.3 Å². The minimum Gasteiger partial charge on any atom is -0.507 e. The fraction of sp³-hybridized carbons (Fsp3) is 0.214. The fourth-order valence-corrected chi connectivity index (χ4v) is 2.12. The van der Waals surface area contributed by atoms with Gasteiger partial charge in [0.2, 0.25) is 5.78 Å². The van der Waals surface area contributed by atoms with Crippen LogP contribution in [0.2, 0.25) is 0 Å². The van der Waals surface area contributed by atoms with E-state index in [1.165, 1.54) is 14.2 Å². The van der Waals surface area contributed by atoms with Gasteiger partial charge in [-0.15, -0.1) is 0 Å². The number of fused-ring (bicyclic) bond motifs is 1. The number of aromatic hydroxyl groups is 1. The normalized spacial score (nSPS) is 13.4. The highest BCUT2D eigenvalue weighted by molar-refractivity contribution is 6.26. The van der Waals surface area contributed by atoms with Crippen molar-refractivity contribution < 1.29 is 33.7 Å². The van der Waals surface area contributed by atoms with Gasteiger partial charge >= 0.3 is 5.97 Å². The molecule has 110 valence electrons. The number of esters is 1. The van der Waals surface area contributed by atoms with Gasteiger partial charge in [0.25, 0.3) is 0 Å². The van der Waals surface area contributed by atoms with Crippen molar-refractivity contribution in [1.82, 2.24) is 0 Å². The molecule has 21 heavy (non-hydrogen) atoms. The lowest BCUT2D eigenvalue weighted by Crippen LogP contribution is -2.21. The molecule has 0 atom stereocenters. The third-order valence-electron chi connectivity index (χ3n) is 3.05. The average molecular weight is 292 g/mol. The number of ketones is 2. The second-order valence-electron chi connectivity index (χ2n) is 4.12. The molecule has 0 aliphatic heterocycles. The Morgan fingerprint density at radius 2 is 1.76 bits per heavy atom. The molecule has 0 heterocycles. The van der Waals surface area contributed by atoms with Crippen LogP contribution in [-0.2, 0) is 9.47 Å². The lowest BCUT2D eigenvalue weighted by atomic mass is 9.89. The van der Waals surface area contributed by atoms with E-state index in [0.717, 1.165) is 19.3 Å². The van der Waals surface area contributed by atoms with Crippen molar-refractivity contribution in [3.8, 4) is 11.5 Å². The van der Waals surface area contributed by atoms with Gasteiger partial charge in [0.15, 0.2) is 11.5 Å². The maximum absolute atomic E-state index is 12.2. The van der Waals surface area contributed by atoms with E-state index in [1.54, 1.807) is 0 Å².